The zero-order valence-corrected chi connectivity index (χ0v) is 10.0. The van der Waals surface area contributed by atoms with Crippen molar-refractivity contribution in [2.75, 3.05) is 7.11 Å². The number of nitrogens with two attached hydrogens (primary N) is 1. The van der Waals surface area contributed by atoms with Gasteiger partial charge in [0.2, 0.25) is 0 Å². The maximum atomic E-state index is 11.1. The molecule has 0 aliphatic heterocycles. The van der Waals surface area contributed by atoms with Crippen LogP contribution in [0.4, 0.5) is 0 Å². The van der Waals surface area contributed by atoms with Gasteiger partial charge in [0.15, 0.2) is 0 Å². The first-order chi connectivity index (χ1) is 7.58. The van der Waals surface area contributed by atoms with Gasteiger partial charge in [0.1, 0.15) is 6.04 Å². The highest BCUT2D eigenvalue weighted by Gasteiger charge is 2.16. The lowest BCUT2D eigenvalue weighted by atomic mass is 10.2. The van der Waals surface area contributed by atoms with Crippen LogP contribution in [0.25, 0.3) is 0 Å². The Morgan fingerprint density at radius 2 is 2.38 bits per heavy atom. The molecule has 1 rings (SSSR count). The Kier molecular flexibility index (Phi) is 4.49. The van der Waals surface area contributed by atoms with Crippen molar-refractivity contribution in [2.24, 2.45) is 5.73 Å². The fourth-order valence-electron chi connectivity index (χ4n) is 1.38. The summed E-state index contributed by atoms with van der Waals surface area (Å²) < 4.78 is 6.45. The van der Waals surface area contributed by atoms with E-state index in [-0.39, 0.29) is 0 Å². The summed E-state index contributed by atoms with van der Waals surface area (Å²) in [7, 11) is 1.33. The van der Waals surface area contributed by atoms with Crippen LogP contribution in [-0.4, -0.2) is 28.9 Å². The Morgan fingerprint density at radius 1 is 1.69 bits per heavy atom. The molecular formula is C11H19N3O2. The number of methoxy groups -OCH3 is 1. The molecule has 0 saturated heterocycles. The quantitative estimate of drug-likeness (QED) is 0.756. The van der Waals surface area contributed by atoms with Crippen LogP contribution < -0.4 is 5.73 Å². The topological polar surface area (TPSA) is 70.1 Å². The van der Waals surface area contributed by atoms with Crippen LogP contribution in [0.5, 0.6) is 0 Å². The van der Waals surface area contributed by atoms with Gasteiger partial charge in [-0.05, 0) is 19.4 Å². The fourth-order valence-corrected chi connectivity index (χ4v) is 1.38. The van der Waals surface area contributed by atoms with Gasteiger partial charge in [0.05, 0.1) is 12.8 Å². The monoisotopic (exact) mass is 225 g/mol. The second-order valence-electron chi connectivity index (χ2n) is 3.88. The van der Waals surface area contributed by atoms with Gasteiger partial charge in [-0.2, -0.15) is 5.10 Å². The highest BCUT2D eigenvalue weighted by atomic mass is 16.5. The first kappa shape index (κ1) is 12.7. The molecule has 2 unspecified atom stereocenters. The molecule has 0 fully saturated rings. The highest BCUT2D eigenvalue weighted by molar-refractivity contribution is 5.75. The molecule has 0 bridgehead atoms. The Hall–Kier alpha value is -1.36. The lowest BCUT2D eigenvalue weighted by Crippen LogP contribution is -2.33. The number of ether oxygens (including phenoxy) is 1. The van der Waals surface area contributed by atoms with Crippen molar-refractivity contribution in [1.82, 2.24) is 9.78 Å². The van der Waals surface area contributed by atoms with Crippen molar-refractivity contribution < 1.29 is 9.53 Å². The van der Waals surface area contributed by atoms with Gasteiger partial charge in [-0.15, -0.1) is 0 Å². The lowest BCUT2D eigenvalue weighted by Gasteiger charge is -2.09. The van der Waals surface area contributed by atoms with Gasteiger partial charge in [0, 0.05) is 18.7 Å². The molecule has 0 aromatic carbocycles. The largest absolute Gasteiger partial charge is 0.468 e. The van der Waals surface area contributed by atoms with Gasteiger partial charge in [-0.25, -0.2) is 0 Å². The summed E-state index contributed by atoms with van der Waals surface area (Å²) in [5.41, 5.74) is 6.47. The Bertz CT molecular complexity index is 349. The van der Waals surface area contributed by atoms with Crippen molar-refractivity contribution >= 4 is 5.97 Å². The number of aromatic nitrogens is 2. The Morgan fingerprint density at radius 3 is 2.94 bits per heavy atom. The normalized spacial score (nSPS) is 14.5. The molecule has 1 heterocycles. The molecule has 90 valence electrons. The number of esters is 1. The van der Waals surface area contributed by atoms with Crippen LogP contribution in [0, 0.1) is 0 Å². The fraction of sp³-hybridized carbons (Fsp3) is 0.636. The number of carbonyl (C=O) groups is 1. The van der Waals surface area contributed by atoms with Crippen LogP contribution >= 0.6 is 0 Å². The average molecular weight is 225 g/mol. The van der Waals surface area contributed by atoms with E-state index in [1.807, 2.05) is 16.9 Å². The van der Waals surface area contributed by atoms with Gasteiger partial charge in [-0.1, -0.05) is 6.92 Å². The minimum atomic E-state index is -0.634. The summed E-state index contributed by atoms with van der Waals surface area (Å²) in [6.45, 7) is 4.20. The number of hydrogen-bond donors (Lipinski definition) is 1. The minimum absolute atomic E-state index is 0.364. The van der Waals surface area contributed by atoms with Crippen molar-refractivity contribution in [2.45, 2.75) is 38.8 Å². The van der Waals surface area contributed by atoms with Crippen molar-refractivity contribution in [3.05, 3.63) is 18.0 Å². The number of hydrogen-bond acceptors (Lipinski definition) is 4. The summed E-state index contributed by atoms with van der Waals surface area (Å²) in [5.74, 6) is -0.405. The molecule has 0 saturated carbocycles. The minimum Gasteiger partial charge on any atom is -0.468 e. The first-order valence-electron chi connectivity index (χ1n) is 5.46. The molecule has 1 aromatic heterocycles. The predicted octanol–water partition coefficient (Wildman–Crippen LogP) is 0.897. The van der Waals surface area contributed by atoms with Crippen molar-refractivity contribution in [1.29, 1.82) is 0 Å². The highest BCUT2D eigenvalue weighted by Crippen LogP contribution is 2.10. The van der Waals surface area contributed by atoms with Gasteiger partial charge < -0.3 is 10.5 Å². The molecule has 5 heteroatoms. The lowest BCUT2D eigenvalue weighted by molar-refractivity contribution is -0.142. The van der Waals surface area contributed by atoms with Crippen molar-refractivity contribution in [3.63, 3.8) is 0 Å². The van der Waals surface area contributed by atoms with E-state index in [1.54, 1.807) is 0 Å². The third-order valence-corrected chi connectivity index (χ3v) is 2.64. The molecule has 16 heavy (non-hydrogen) atoms. The second-order valence-corrected chi connectivity index (χ2v) is 3.88. The van der Waals surface area contributed by atoms with E-state index in [0.29, 0.717) is 12.5 Å². The van der Waals surface area contributed by atoms with E-state index >= 15 is 0 Å². The summed E-state index contributed by atoms with van der Waals surface area (Å²) in [4.78, 5) is 11.1. The number of rotatable bonds is 5. The van der Waals surface area contributed by atoms with E-state index in [2.05, 4.69) is 23.7 Å². The number of nitrogens with zero attached hydrogens (tertiary/aromatic N) is 2. The third-order valence-electron chi connectivity index (χ3n) is 2.64. The van der Waals surface area contributed by atoms with Gasteiger partial charge >= 0.3 is 5.97 Å². The molecule has 0 amide bonds. The molecule has 0 aliphatic carbocycles. The van der Waals surface area contributed by atoms with Crippen molar-refractivity contribution in [3.8, 4) is 0 Å². The van der Waals surface area contributed by atoms with Crippen LogP contribution in [0.1, 0.15) is 32.0 Å². The predicted molar refractivity (Wildman–Crippen MR) is 60.9 cm³/mol. The molecule has 5 nitrogen and oxygen atoms in total. The zero-order valence-electron chi connectivity index (χ0n) is 10.0. The van der Waals surface area contributed by atoms with Crippen LogP contribution in [0.2, 0.25) is 0 Å². The SMILES string of the molecule is CCC(C)n1ccc(CC(N)C(=O)OC)n1. The average Bonchev–Trinajstić information content (AvgIpc) is 2.75. The summed E-state index contributed by atoms with van der Waals surface area (Å²) in [5, 5.41) is 4.37. The first-order valence-corrected chi connectivity index (χ1v) is 5.46. The van der Waals surface area contributed by atoms with E-state index in [1.165, 1.54) is 7.11 Å². The second kappa shape index (κ2) is 5.65. The van der Waals surface area contributed by atoms with E-state index in [9.17, 15) is 4.79 Å². The molecular weight excluding hydrogens is 206 g/mol. The maximum absolute atomic E-state index is 11.1. The molecule has 0 spiro atoms. The smallest absolute Gasteiger partial charge is 0.323 e. The van der Waals surface area contributed by atoms with E-state index in [4.69, 9.17) is 5.73 Å². The summed E-state index contributed by atoms with van der Waals surface area (Å²) in [6.07, 6.45) is 3.34. The summed E-state index contributed by atoms with van der Waals surface area (Å²) in [6, 6.07) is 1.61. The maximum Gasteiger partial charge on any atom is 0.323 e. The van der Waals surface area contributed by atoms with E-state index < -0.39 is 12.0 Å². The Labute approximate surface area is 95.6 Å². The van der Waals surface area contributed by atoms with Gasteiger partial charge in [0.25, 0.3) is 0 Å². The third kappa shape index (κ3) is 3.06. The molecule has 0 aliphatic rings. The molecule has 0 radical (unpaired) electrons. The Balaban J connectivity index is 2.61. The zero-order chi connectivity index (χ0) is 12.1. The van der Waals surface area contributed by atoms with Gasteiger partial charge in [-0.3, -0.25) is 9.48 Å². The number of carbonyl (C=O) groups excluding carboxylic acids is 1. The molecule has 2 atom stereocenters. The van der Waals surface area contributed by atoms with Crippen LogP contribution in [-0.2, 0) is 16.0 Å². The molecule has 1 aromatic rings. The standard InChI is InChI=1S/C11H19N3O2/c1-4-8(2)14-6-5-9(13-14)7-10(12)11(15)16-3/h5-6,8,10H,4,7,12H2,1-3H3. The van der Waals surface area contributed by atoms with E-state index in [0.717, 1.165) is 12.1 Å². The summed E-state index contributed by atoms with van der Waals surface area (Å²) >= 11 is 0. The molecule has 2 N–H and O–H groups in total. The van der Waals surface area contributed by atoms with Crippen LogP contribution in [0.15, 0.2) is 12.3 Å². The van der Waals surface area contributed by atoms with Crippen LogP contribution in [0.3, 0.4) is 0 Å².